The molecule has 2 rings (SSSR count). The van der Waals surface area contributed by atoms with E-state index in [1.54, 1.807) is 0 Å². The number of fused-ring (bicyclic) bond motifs is 2. The molecule has 0 aromatic rings. The van der Waals surface area contributed by atoms with Gasteiger partial charge in [-0.2, -0.15) is 0 Å². The molecular formula is C9H15NO. The molecule has 2 unspecified atom stereocenters. The van der Waals surface area contributed by atoms with Crippen LogP contribution in [0, 0.1) is 11.8 Å². The van der Waals surface area contributed by atoms with Gasteiger partial charge in [0.25, 0.3) is 0 Å². The molecule has 0 amide bonds. The van der Waals surface area contributed by atoms with Crippen LogP contribution < -0.4 is 0 Å². The van der Waals surface area contributed by atoms with Crippen molar-refractivity contribution in [3.63, 3.8) is 0 Å². The van der Waals surface area contributed by atoms with E-state index in [4.69, 9.17) is 4.84 Å². The highest BCUT2D eigenvalue weighted by Crippen LogP contribution is 2.42. The van der Waals surface area contributed by atoms with E-state index in [1.165, 1.54) is 31.4 Å². The first-order valence-electron chi connectivity index (χ1n) is 4.59. The molecule has 2 aliphatic rings. The van der Waals surface area contributed by atoms with Gasteiger partial charge in [0.2, 0.25) is 0 Å². The van der Waals surface area contributed by atoms with Crippen LogP contribution in [-0.4, -0.2) is 12.3 Å². The summed E-state index contributed by atoms with van der Waals surface area (Å²) in [6.07, 6.45) is 5.38. The summed E-state index contributed by atoms with van der Waals surface area (Å²) in [6, 6.07) is 0. The van der Waals surface area contributed by atoms with E-state index in [0.717, 1.165) is 11.8 Å². The molecule has 0 heterocycles. The van der Waals surface area contributed by atoms with Crippen molar-refractivity contribution >= 4 is 5.71 Å². The quantitative estimate of drug-likeness (QED) is 0.557. The molecule has 0 radical (unpaired) electrons. The third kappa shape index (κ3) is 1.26. The number of hydrogen-bond acceptors (Lipinski definition) is 2. The molecule has 2 fully saturated rings. The summed E-state index contributed by atoms with van der Waals surface area (Å²) in [4.78, 5) is 5.06. The van der Waals surface area contributed by atoms with E-state index in [0.29, 0.717) is 6.61 Å². The Bertz CT molecular complexity index is 176. The third-order valence-corrected chi connectivity index (χ3v) is 2.82. The van der Waals surface area contributed by atoms with Gasteiger partial charge in [0, 0.05) is 5.92 Å². The lowest BCUT2D eigenvalue weighted by molar-refractivity contribution is 0.156. The highest BCUT2D eigenvalue weighted by molar-refractivity contribution is 5.89. The number of hydrogen-bond donors (Lipinski definition) is 0. The minimum absolute atomic E-state index is 0.709. The highest BCUT2D eigenvalue weighted by atomic mass is 16.6. The largest absolute Gasteiger partial charge is 0.396 e. The minimum atomic E-state index is 0.709. The zero-order chi connectivity index (χ0) is 7.68. The summed E-state index contributed by atoms with van der Waals surface area (Å²) >= 11 is 0. The zero-order valence-corrected chi connectivity index (χ0v) is 7.05. The SMILES string of the molecule is CCO/N=C1\CC2CCC1C2. The maximum absolute atomic E-state index is 5.06. The van der Waals surface area contributed by atoms with Crippen molar-refractivity contribution < 1.29 is 4.84 Å². The average Bonchev–Trinajstić information content (AvgIpc) is 2.60. The molecule has 62 valence electrons. The fraction of sp³-hybridized carbons (Fsp3) is 0.889. The van der Waals surface area contributed by atoms with Gasteiger partial charge < -0.3 is 4.84 Å². The van der Waals surface area contributed by atoms with Crippen molar-refractivity contribution in [1.82, 2.24) is 0 Å². The Labute approximate surface area is 67.6 Å². The molecule has 2 saturated carbocycles. The molecule has 0 aliphatic heterocycles. The lowest BCUT2D eigenvalue weighted by Gasteiger charge is -2.10. The van der Waals surface area contributed by atoms with Gasteiger partial charge in [0.05, 0.1) is 5.71 Å². The Morgan fingerprint density at radius 2 is 2.45 bits per heavy atom. The Hall–Kier alpha value is -0.530. The zero-order valence-electron chi connectivity index (χ0n) is 7.05. The molecule has 0 N–H and O–H groups in total. The van der Waals surface area contributed by atoms with Crippen LogP contribution in [0.3, 0.4) is 0 Å². The number of nitrogens with zero attached hydrogens (tertiary/aromatic N) is 1. The smallest absolute Gasteiger partial charge is 0.114 e. The van der Waals surface area contributed by atoms with E-state index in [1.807, 2.05) is 6.92 Å². The van der Waals surface area contributed by atoms with Crippen LogP contribution in [-0.2, 0) is 4.84 Å². The predicted molar refractivity (Wildman–Crippen MR) is 44.5 cm³/mol. The second-order valence-electron chi connectivity index (χ2n) is 3.58. The highest BCUT2D eigenvalue weighted by Gasteiger charge is 2.36. The van der Waals surface area contributed by atoms with E-state index in [2.05, 4.69) is 5.16 Å². The van der Waals surface area contributed by atoms with Crippen LogP contribution in [0.1, 0.15) is 32.6 Å². The van der Waals surface area contributed by atoms with Gasteiger partial charge in [-0.1, -0.05) is 5.16 Å². The molecule has 0 spiro atoms. The molecule has 2 bridgehead atoms. The number of rotatable bonds is 2. The lowest BCUT2D eigenvalue weighted by atomic mass is 9.99. The van der Waals surface area contributed by atoms with Crippen LogP contribution in [0.5, 0.6) is 0 Å². The molecule has 0 aromatic heterocycles. The van der Waals surface area contributed by atoms with E-state index >= 15 is 0 Å². The second kappa shape index (κ2) is 2.84. The summed E-state index contributed by atoms with van der Waals surface area (Å²) < 4.78 is 0. The van der Waals surface area contributed by atoms with Gasteiger partial charge in [-0.15, -0.1) is 0 Å². The second-order valence-corrected chi connectivity index (χ2v) is 3.58. The molecule has 2 aliphatic carbocycles. The van der Waals surface area contributed by atoms with Crippen molar-refractivity contribution in [2.45, 2.75) is 32.6 Å². The first-order chi connectivity index (χ1) is 5.40. The van der Waals surface area contributed by atoms with Crippen molar-refractivity contribution in [2.75, 3.05) is 6.61 Å². The Balaban J connectivity index is 1.96. The van der Waals surface area contributed by atoms with E-state index in [-0.39, 0.29) is 0 Å². The van der Waals surface area contributed by atoms with Crippen molar-refractivity contribution in [1.29, 1.82) is 0 Å². The van der Waals surface area contributed by atoms with Gasteiger partial charge in [0.1, 0.15) is 6.61 Å². The molecular weight excluding hydrogens is 138 g/mol. The van der Waals surface area contributed by atoms with Gasteiger partial charge in [-0.25, -0.2) is 0 Å². The van der Waals surface area contributed by atoms with Crippen molar-refractivity contribution in [3.8, 4) is 0 Å². The molecule has 2 atom stereocenters. The normalized spacial score (nSPS) is 38.5. The van der Waals surface area contributed by atoms with E-state index < -0.39 is 0 Å². The van der Waals surface area contributed by atoms with E-state index in [9.17, 15) is 0 Å². The fourth-order valence-electron chi connectivity index (χ4n) is 2.28. The first kappa shape index (κ1) is 7.14. The van der Waals surface area contributed by atoms with Gasteiger partial charge in [-0.05, 0) is 38.5 Å². The predicted octanol–water partition coefficient (Wildman–Crippen LogP) is 2.20. The summed E-state index contributed by atoms with van der Waals surface area (Å²) in [5.74, 6) is 1.73. The molecule has 0 aromatic carbocycles. The van der Waals surface area contributed by atoms with Gasteiger partial charge in [0.15, 0.2) is 0 Å². The molecule has 11 heavy (non-hydrogen) atoms. The summed E-state index contributed by atoms with van der Waals surface area (Å²) in [5, 5.41) is 4.14. The molecule has 0 saturated heterocycles. The van der Waals surface area contributed by atoms with Crippen LogP contribution in [0.4, 0.5) is 0 Å². The summed E-state index contributed by atoms with van der Waals surface area (Å²) in [5.41, 5.74) is 1.34. The topological polar surface area (TPSA) is 21.6 Å². The maximum Gasteiger partial charge on any atom is 0.114 e. The van der Waals surface area contributed by atoms with Gasteiger partial charge >= 0.3 is 0 Å². The molecule has 2 nitrogen and oxygen atoms in total. The number of oxime groups is 1. The van der Waals surface area contributed by atoms with Crippen molar-refractivity contribution in [2.24, 2.45) is 17.0 Å². The molecule has 2 heteroatoms. The monoisotopic (exact) mass is 153 g/mol. The van der Waals surface area contributed by atoms with Crippen LogP contribution in [0.2, 0.25) is 0 Å². The Morgan fingerprint density at radius 1 is 1.55 bits per heavy atom. The lowest BCUT2D eigenvalue weighted by Crippen LogP contribution is -2.09. The van der Waals surface area contributed by atoms with Crippen LogP contribution in [0.15, 0.2) is 5.16 Å². The maximum atomic E-state index is 5.06. The standard InChI is InChI=1S/C9H15NO/c1-2-11-10-9-6-7-3-4-8(9)5-7/h7-8H,2-6H2,1H3/b10-9+. The fourth-order valence-corrected chi connectivity index (χ4v) is 2.28. The first-order valence-corrected chi connectivity index (χ1v) is 4.59. The summed E-state index contributed by atoms with van der Waals surface area (Å²) in [7, 11) is 0. The Morgan fingerprint density at radius 3 is 3.00 bits per heavy atom. The Kier molecular flexibility index (Phi) is 1.84. The van der Waals surface area contributed by atoms with Crippen LogP contribution >= 0.6 is 0 Å². The van der Waals surface area contributed by atoms with Crippen LogP contribution in [0.25, 0.3) is 0 Å². The van der Waals surface area contributed by atoms with Crippen molar-refractivity contribution in [3.05, 3.63) is 0 Å². The average molecular weight is 153 g/mol. The summed E-state index contributed by atoms with van der Waals surface area (Å²) in [6.45, 7) is 2.69. The third-order valence-electron chi connectivity index (χ3n) is 2.82. The van der Waals surface area contributed by atoms with Gasteiger partial charge in [-0.3, -0.25) is 0 Å². The minimum Gasteiger partial charge on any atom is -0.396 e.